The third-order valence-electron chi connectivity index (χ3n) is 5.03. The lowest BCUT2D eigenvalue weighted by molar-refractivity contribution is -0.139. The van der Waals surface area contributed by atoms with Gasteiger partial charge in [0.2, 0.25) is 0 Å². The molecule has 0 radical (unpaired) electrons. The van der Waals surface area contributed by atoms with Crippen molar-refractivity contribution in [3.05, 3.63) is 77.9 Å². The molecule has 1 atom stereocenters. The van der Waals surface area contributed by atoms with Gasteiger partial charge < -0.3 is 15.5 Å². The molecule has 0 saturated heterocycles. The highest BCUT2D eigenvalue weighted by molar-refractivity contribution is 7.13. The lowest BCUT2D eigenvalue weighted by Gasteiger charge is -2.12. The van der Waals surface area contributed by atoms with E-state index in [-0.39, 0.29) is 0 Å². The number of nitrogens with one attached hydrogen (secondary N) is 1. The Balaban J connectivity index is 1.61. The number of rotatable bonds is 7. The van der Waals surface area contributed by atoms with E-state index in [1.165, 1.54) is 28.9 Å². The minimum Gasteiger partial charge on any atom is -0.480 e. The van der Waals surface area contributed by atoms with Crippen molar-refractivity contribution in [3.63, 3.8) is 0 Å². The van der Waals surface area contributed by atoms with Crippen LogP contribution in [0, 0.1) is 6.92 Å². The second-order valence-corrected chi connectivity index (χ2v) is 7.88. The molecule has 0 unspecified atom stereocenters. The molecule has 31 heavy (non-hydrogen) atoms. The first-order valence-electron chi connectivity index (χ1n) is 9.75. The van der Waals surface area contributed by atoms with E-state index < -0.39 is 18.6 Å². The summed E-state index contributed by atoms with van der Waals surface area (Å²) in [6, 6.07) is 21.0. The van der Waals surface area contributed by atoms with Crippen molar-refractivity contribution < 1.29 is 15.0 Å². The molecule has 0 aliphatic carbocycles. The Morgan fingerprint density at radius 2 is 1.97 bits per heavy atom. The Kier molecular flexibility index (Phi) is 6.06. The summed E-state index contributed by atoms with van der Waals surface area (Å²) in [5.41, 5.74) is 5.22. The summed E-state index contributed by atoms with van der Waals surface area (Å²) in [4.78, 5) is 14.9. The van der Waals surface area contributed by atoms with E-state index in [1.807, 2.05) is 48.5 Å². The van der Waals surface area contributed by atoms with Gasteiger partial charge in [-0.2, -0.15) is 4.37 Å². The maximum atomic E-state index is 11.0. The molecular weight excluding hydrogens is 410 g/mol. The van der Waals surface area contributed by atoms with Gasteiger partial charge in [-0.15, -0.1) is 0 Å². The number of carboxylic acids is 1. The number of hydrogen-bond donors (Lipinski definition) is 3. The van der Waals surface area contributed by atoms with Crippen molar-refractivity contribution in [2.24, 2.45) is 4.99 Å². The van der Waals surface area contributed by atoms with Crippen molar-refractivity contribution in [2.45, 2.75) is 13.0 Å². The van der Waals surface area contributed by atoms with Gasteiger partial charge in [-0.1, -0.05) is 48.5 Å². The van der Waals surface area contributed by atoms with E-state index in [4.69, 9.17) is 10.2 Å². The van der Waals surface area contributed by atoms with Gasteiger partial charge in [-0.25, -0.2) is 4.79 Å². The van der Waals surface area contributed by atoms with Crippen LogP contribution in [-0.2, 0) is 4.79 Å². The van der Waals surface area contributed by atoms with Crippen LogP contribution in [0.1, 0.15) is 11.1 Å². The van der Waals surface area contributed by atoms with Gasteiger partial charge in [0, 0.05) is 17.3 Å². The molecule has 156 valence electrons. The fraction of sp³-hybridized carbons (Fsp3) is 0.125. The SMILES string of the molecule is Cc1c(Nc2nsc3cc(C=N[C@@H](CO)C(=O)O)ccc23)cccc1-c1ccccc1. The van der Waals surface area contributed by atoms with Crippen molar-refractivity contribution in [3.8, 4) is 11.1 Å². The van der Waals surface area contributed by atoms with Gasteiger partial charge in [-0.3, -0.25) is 4.99 Å². The van der Waals surface area contributed by atoms with Crippen molar-refractivity contribution >= 4 is 45.3 Å². The van der Waals surface area contributed by atoms with Crippen molar-refractivity contribution in [1.82, 2.24) is 4.37 Å². The summed E-state index contributed by atoms with van der Waals surface area (Å²) in [6.07, 6.45) is 1.47. The molecule has 0 amide bonds. The largest absolute Gasteiger partial charge is 0.480 e. The molecule has 3 aromatic carbocycles. The van der Waals surface area contributed by atoms with Crippen LogP contribution in [0.25, 0.3) is 21.2 Å². The Bertz CT molecular complexity index is 1250. The standard InChI is InChI=1S/C24H21N3O3S/c1-15-18(17-6-3-2-4-7-17)8-5-9-20(15)26-23-19-11-10-16(12-22(19)31-27-23)13-25-21(14-28)24(29)30/h2-13,21,28H,14H2,1H3,(H,26,27)(H,29,30)/t21-/m0/s1. The number of aliphatic carboxylic acids is 1. The number of aliphatic hydroxyl groups is 1. The Hall–Kier alpha value is -3.55. The monoisotopic (exact) mass is 431 g/mol. The number of benzene rings is 3. The zero-order valence-corrected chi connectivity index (χ0v) is 17.6. The number of carbonyl (C=O) groups is 1. The first-order chi connectivity index (χ1) is 15.1. The first-order valence-corrected chi connectivity index (χ1v) is 10.5. The molecule has 1 aromatic heterocycles. The minimum absolute atomic E-state index is 0.538. The summed E-state index contributed by atoms with van der Waals surface area (Å²) in [6.45, 7) is 1.55. The molecule has 4 aromatic rings. The molecule has 0 bridgehead atoms. The van der Waals surface area contributed by atoms with Crippen LogP contribution in [0.4, 0.5) is 11.5 Å². The predicted octanol–water partition coefficient (Wildman–Crippen LogP) is 4.88. The molecule has 6 nitrogen and oxygen atoms in total. The third-order valence-corrected chi connectivity index (χ3v) is 5.84. The summed E-state index contributed by atoms with van der Waals surface area (Å²) < 4.78 is 5.52. The number of fused-ring (bicyclic) bond motifs is 1. The third kappa shape index (κ3) is 4.47. The number of nitrogens with zero attached hydrogens (tertiary/aromatic N) is 2. The number of anilines is 2. The van der Waals surface area contributed by atoms with E-state index in [9.17, 15) is 4.79 Å². The summed E-state index contributed by atoms with van der Waals surface area (Å²) >= 11 is 1.36. The van der Waals surface area contributed by atoms with Gasteiger partial charge in [-0.05, 0) is 58.9 Å². The highest BCUT2D eigenvalue weighted by atomic mass is 32.1. The van der Waals surface area contributed by atoms with Crippen LogP contribution in [0.5, 0.6) is 0 Å². The molecule has 0 fully saturated rings. The van der Waals surface area contributed by atoms with E-state index in [0.717, 1.165) is 32.7 Å². The molecule has 0 saturated carbocycles. The van der Waals surface area contributed by atoms with E-state index in [0.29, 0.717) is 0 Å². The highest BCUT2D eigenvalue weighted by Crippen LogP contribution is 2.33. The molecule has 1 heterocycles. The topological polar surface area (TPSA) is 94.8 Å². The number of hydrogen-bond acceptors (Lipinski definition) is 6. The molecule has 7 heteroatoms. The van der Waals surface area contributed by atoms with Gasteiger partial charge >= 0.3 is 5.97 Å². The number of aliphatic hydroxyl groups excluding tert-OH is 1. The average molecular weight is 432 g/mol. The molecule has 4 rings (SSSR count). The first kappa shape index (κ1) is 20.7. The maximum absolute atomic E-state index is 11.0. The van der Waals surface area contributed by atoms with Crippen molar-refractivity contribution in [1.29, 1.82) is 0 Å². The van der Waals surface area contributed by atoms with E-state index >= 15 is 0 Å². The van der Waals surface area contributed by atoms with E-state index in [1.54, 1.807) is 0 Å². The lowest BCUT2D eigenvalue weighted by atomic mass is 9.99. The smallest absolute Gasteiger partial charge is 0.330 e. The Morgan fingerprint density at radius 1 is 1.16 bits per heavy atom. The van der Waals surface area contributed by atoms with Crippen LogP contribution in [-0.4, -0.2) is 39.4 Å². The second kappa shape index (κ2) is 9.07. The zero-order valence-electron chi connectivity index (χ0n) is 16.8. The van der Waals surface area contributed by atoms with Crippen LogP contribution in [0.15, 0.2) is 71.7 Å². The van der Waals surface area contributed by atoms with E-state index in [2.05, 4.69) is 39.8 Å². The maximum Gasteiger partial charge on any atom is 0.330 e. The molecule has 0 aliphatic rings. The minimum atomic E-state index is -1.16. The number of aromatic nitrogens is 1. The Morgan fingerprint density at radius 3 is 2.71 bits per heavy atom. The predicted molar refractivity (Wildman–Crippen MR) is 126 cm³/mol. The number of carboxylic acid groups (broad SMARTS) is 1. The average Bonchev–Trinajstić information content (AvgIpc) is 3.18. The zero-order chi connectivity index (χ0) is 21.8. The summed E-state index contributed by atoms with van der Waals surface area (Å²) in [5, 5.41) is 22.5. The van der Waals surface area contributed by atoms with Crippen LogP contribution < -0.4 is 5.32 Å². The molecule has 3 N–H and O–H groups in total. The van der Waals surface area contributed by atoms with Crippen LogP contribution in [0.2, 0.25) is 0 Å². The fourth-order valence-electron chi connectivity index (χ4n) is 3.32. The molecule has 0 spiro atoms. The lowest BCUT2D eigenvalue weighted by Crippen LogP contribution is -2.22. The Labute approximate surface area is 183 Å². The quantitative estimate of drug-likeness (QED) is 0.363. The van der Waals surface area contributed by atoms with Gasteiger partial charge in [0.15, 0.2) is 11.9 Å². The van der Waals surface area contributed by atoms with Gasteiger partial charge in [0.25, 0.3) is 0 Å². The van der Waals surface area contributed by atoms with Gasteiger partial charge in [0.05, 0.1) is 11.3 Å². The van der Waals surface area contributed by atoms with Crippen molar-refractivity contribution in [2.75, 3.05) is 11.9 Å². The number of aliphatic imine (C=N–C) groups is 1. The summed E-state index contributed by atoms with van der Waals surface area (Å²) in [5.74, 6) is -0.382. The fourth-order valence-corrected chi connectivity index (χ4v) is 4.10. The van der Waals surface area contributed by atoms with Crippen LogP contribution in [0.3, 0.4) is 0 Å². The normalized spacial score (nSPS) is 12.3. The van der Waals surface area contributed by atoms with Gasteiger partial charge in [0.1, 0.15) is 0 Å². The molecule has 0 aliphatic heterocycles. The summed E-state index contributed by atoms with van der Waals surface area (Å²) in [7, 11) is 0. The highest BCUT2D eigenvalue weighted by Gasteiger charge is 2.14. The van der Waals surface area contributed by atoms with Crippen LogP contribution >= 0.6 is 11.5 Å². The second-order valence-electron chi connectivity index (χ2n) is 7.07. The molecular formula is C24H21N3O3S.